The third kappa shape index (κ3) is 1.89. The summed E-state index contributed by atoms with van der Waals surface area (Å²) in [6.07, 6.45) is 0.498. The lowest BCUT2D eigenvalue weighted by Crippen LogP contribution is -2.11. The maximum atomic E-state index is 10.9. The number of fused-ring (bicyclic) bond motifs is 1. The Hall–Kier alpha value is -2.82. The summed E-state index contributed by atoms with van der Waals surface area (Å²) in [4.78, 5) is 21.9. The van der Waals surface area contributed by atoms with Crippen molar-refractivity contribution in [2.75, 3.05) is 5.32 Å². The number of nitrogens with one attached hydrogen (secondary N) is 1. The first-order valence-corrected chi connectivity index (χ1v) is 6.02. The lowest BCUT2D eigenvalue weighted by atomic mass is 10.0. The van der Waals surface area contributed by atoms with Gasteiger partial charge in [0.25, 0.3) is 0 Å². The number of benzene rings is 2. The molecule has 1 atom stereocenters. The highest BCUT2D eigenvalue weighted by Crippen LogP contribution is 2.40. The topological polar surface area (TPSA) is 75.6 Å². The molecule has 0 amide bonds. The van der Waals surface area contributed by atoms with Gasteiger partial charge in [0.05, 0.1) is 16.8 Å². The van der Waals surface area contributed by atoms with Crippen molar-refractivity contribution >= 4 is 18.3 Å². The fraction of sp³-hybridized carbons (Fsp3) is 0.0667. The predicted molar refractivity (Wildman–Crippen MR) is 72.3 cm³/mol. The Labute approximate surface area is 114 Å². The SMILES string of the molecule is O=Cc1cc(C=O)c(O)c(C2Nc3ccccc3O2)c1. The van der Waals surface area contributed by atoms with Gasteiger partial charge in [-0.1, -0.05) is 12.1 Å². The van der Waals surface area contributed by atoms with Crippen LogP contribution in [-0.2, 0) is 0 Å². The molecule has 0 saturated carbocycles. The number of carbonyl (C=O) groups excluding carboxylic acids is 2. The Kier molecular flexibility index (Phi) is 2.87. The molecule has 1 unspecified atom stereocenters. The molecule has 2 aromatic rings. The average Bonchev–Trinajstić information content (AvgIpc) is 2.91. The molecule has 5 nitrogen and oxygen atoms in total. The molecule has 0 bridgehead atoms. The Balaban J connectivity index is 2.04. The van der Waals surface area contributed by atoms with Crippen LogP contribution in [0.2, 0.25) is 0 Å². The van der Waals surface area contributed by atoms with E-state index in [0.29, 0.717) is 29.4 Å². The largest absolute Gasteiger partial charge is 0.507 e. The van der Waals surface area contributed by atoms with Crippen LogP contribution in [0.4, 0.5) is 5.69 Å². The maximum Gasteiger partial charge on any atom is 0.200 e. The number of aldehydes is 2. The van der Waals surface area contributed by atoms with E-state index in [0.717, 1.165) is 5.69 Å². The third-order valence-electron chi connectivity index (χ3n) is 3.16. The normalized spacial score (nSPS) is 15.9. The monoisotopic (exact) mass is 269 g/mol. The van der Waals surface area contributed by atoms with E-state index in [1.807, 2.05) is 18.2 Å². The molecule has 0 fully saturated rings. The van der Waals surface area contributed by atoms with Crippen LogP contribution in [0.25, 0.3) is 0 Å². The van der Waals surface area contributed by atoms with Crippen molar-refractivity contribution in [2.45, 2.75) is 6.23 Å². The second-order valence-corrected chi connectivity index (χ2v) is 4.42. The quantitative estimate of drug-likeness (QED) is 0.837. The minimum atomic E-state index is -0.633. The summed E-state index contributed by atoms with van der Waals surface area (Å²) in [6.45, 7) is 0. The third-order valence-corrected chi connectivity index (χ3v) is 3.16. The van der Waals surface area contributed by atoms with Crippen LogP contribution in [0.5, 0.6) is 11.5 Å². The molecule has 2 N–H and O–H groups in total. The molecule has 5 heteroatoms. The molecule has 1 aliphatic heterocycles. The molecule has 3 rings (SSSR count). The standard InChI is InChI=1S/C15H11NO4/c17-7-9-5-10(8-18)14(19)11(6-9)15-16-12-3-1-2-4-13(12)20-15/h1-8,15-16,19H. The Bertz CT molecular complexity index is 671. The van der Waals surface area contributed by atoms with E-state index in [1.54, 1.807) is 6.07 Å². The number of ether oxygens (including phenoxy) is 1. The molecule has 0 aliphatic carbocycles. The van der Waals surface area contributed by atoms with Gasteiger partial charge in [0.15, 0.2) is 12.5 Å². The van der Waals surface area contributed by atoms with E-state index in [-0.39, 0.29) is 11.3 Å². The van der Waals surface area contributed by atoms with Gasteiger partial charge in [0.2, 0.25) is 0 Å². The van der Waals surface area contributed by atoms with Crippen LogP contribution in [0.1, 0.15) is 32.5 Å². The second-order valence-electron chi connectivity index (χ2n) is 4.42. The molecule has 0 aromatic heterocycles. The first-order valence-electron chi connectivity index (χ1n) is 6.02. The van der Waals surface area contributed by atoms with E-state index in [9.17, 15) is 14.7 Å². The molecular weight excluding hydrogens is 258 g/mol. The van der Waals surface area contributed by atoms with Crippen LogP contribution < -0.4 is 10.1 Å². The summed E-state index contributed by atoms with van der Waals surface area (Å²) in [5.41, 5.74) is 1.51. The highest BCUT2D eigenvalue weighted by atomic mass is 16.5. The van der Waals surface area contributed by atoms with Gasteiger partial charge in [-0.05, 0) is 24.3 Å². The zero-order valence-electron chi connectivity index (χ0n) is 10.4. The number of phenols is 1. The van der Waals surface area contributed by atoms with E-state index in [1.165, 1.54) is 12.1 Å². The Morgan fingerprint density at radius 2 is 1.95 bits per heavy atom. The highest BCUT2D eigenvalue weighted by Gasteiger charge is 2.26. The molecule has 1 heterocycles. The van der Waals surface area contributed by atoms with Crippen molar-refractivity contribution in [1.82, 2.24) is 0 Å². The van der Waals surface area contributed by atoms with Gasteiger partial charge in [-0.25, -0.2) is 0 Å². The molecular formula is C15H11NO4. The van der Waals surface area contributed by atoms with E-state index in [4.69, 9.17) is 4.74 Å². The number of aromatic hydroxyl groups is 1. The lowest BCUT2D eigenvalue weighted by Gasteiger charge is -2.15. The van der Waals surface area contributed by atoms with Gasteiger partial charge in [-0.2, -0.15) is 0 Å². The summed E-state index contributed by atoms with van der Waals surface area (Å²) < 4.78 is 5.67. The molecule has 0 saturated heterocycles. The molecule has 1 aliphatic rings. The average molecular weight is 269 g/mol. The van der Waals surface area contributed by atoms with E-state index in [2.05, 4.69) is 5.32 Å². The van der Waals surface area contributed by atoms with E-state index >= 15 is 0 Å². The van der Waals surface area contributed by atoms with Crippen LogP contribution in [0.15, 0.2) is 36.4 Å². The summed E-state index contributed by atoms with van der Waals surface area (Å²) in [5.74, 6) is 0.469. The fourth-order valence-electron chi connectivity index (χ4n) is 2.19. The van der Waals surface area contributed by atoms with Crippen LogP contribution in [-0.4, -0.2) is 17.7 Å². The van der Waals surface area contributed by atoms with Gasteiger partial charge < -0.3 is 15.2 Å². The number of carbonyl (C=O) groups is 2. The predicted octanol–water partition coefficient (Wildman–Crippen LogP) is 2.52. The Morgan fingerprint density at radius 3 is 2.65 bits per heavy atom. The number of para-hydroxylation sites is 2. The zero-order valence-corrected chi connectivity index (χ0v) is 10.4. The molecule has 20 heavy (non-hydrogen) atoms. The van der Waals surface area contributed by atoms with Crippen molar-refractivity contribution in [3.63, 3.8) is 0 Å². The zero-order chi connectivity index (χ0) is 14.1. The molecule has 0 radical (unpaired) electrons. The summed E-state index contributed by atoms with van der Waals surface area (Å²) >= 11 is 0. The van der Waals surface area contributed by atoms with Crippen molar-refractivity contribution in [3.05, 3.63) is 53.1 Å². The Morgan fingerprint density at radius 1 is 1.15 bits per heavy atom. The van der Waals surface area contributed by atoms with Gasteiger partial charge in [-0.3, -0.25) is 9.59 Å². The number of hydrogen-bond donors (Lipinski definition) is 2. The first kappa shape index (κ1) is 12.2. The van der Waals surface area contributed by atoms with Crippen molar-refractivity contribution in [1.29, 1.82) is 0 Å². The number of rotatable bonds is 3. The first-order chi connectivity index (χ1) is 9.72. The van der Waals surface area contributed by atoms with Crippen molar-refractivity contribution in [3.8, 4) is 11.5 Å². The van der Waals surface area contributed by atoms with Crippen LogP contribution in [0, 0.1) is 0 Å². The minimum Gasteiger partial charge on any atom is -0.507 e. The van der Waals surface area contributed by atoms with Gasteiger partial charge in [0.1, 0.15) is 17.8 Å². The van der Waals surface area contributed by atoms with Crippen LogP contribution in [0.3, 0.4) is 0 Å². The van der Waals surface area contributed by atoms with Gasteiger partial charge in [0, 0.05) is 5.56 Å². The lowest BCUT2D eigenvalue weighted by molar-refractivity contribution is 0.112. The fourth-order valence-corrected chi connectivity index (χ4v) is 2.19. The summed E-state index contributed by atoms with van der Waals surface area (Å²) in [5, 5.41) is 13.2. The molecule has 0 spiro atoms. The second kappa shape index (κ2) is 4.70. The molecule has 100 valence electrons. The van der Waals surface area contributed by atoms with Crippen LogP contribution >= 0.6 is 0 Å². The van der Waals surface area contributed by atoms with Crippen molar-refractivity contribution < 1.29 is 19.4 Å². The minimum absolute atomic E-state index is 0.0611. The number of anilines is 1. The van der Waals surface area contributed by atoms with E-state index < -0.39 is 6.23 Å². The van der Waals surface area contributed by atoms with Gasteiger partial charge in [-0.15, -0.1) is 0 Å². The maximum absolute atomic E-state index is 10.9. The summed E-state index contributed by atoms with van der Waals surface area (Å²) in [7, 11) is 0. The smallest absolute Gasteiger partial charge is 0.200 e. The number of phenolic OH excluding ortho intramolecular Hbond substituents is 1. The molecule has 2 aromatic carbocycles. The highest BCUT2D eigenvalue weighted by molar-refractivity contribution is 5.86. The number of hydrogen-bond acceptors (Lipinski definition) is 5. The van der Waals surface area contributed by atoms with Crippen molar-refractivity contribution in [2.24, 2.45) is 0 Å². The van der Waals surface area contributed by atoms with Gasteiger partial charge >= 0.3 is 0 Å². The summed E-state index contributed by atoms with van der Waals surface area (Å²) in [6, 6.07) is 10.2.